The van der Waals surface area contributed by atoms with Crippen LogP contribution in [0.4, 0.5) is 5.82 Å². The molecular weight excluding hydrogens is 216 g/mol. The molecular formula is C11H12N6. The summed E-state index contributed by atoms with van der Waals surface area (Å²) in [6.07, 6.45) is 4.44. The Morgan fingerprint density at radius 3 is 3.29 bits per heavy atom. The third-order valence-corrected chi connectivity index (χ3v) is 2.90. The van der Waals surface area contributed by atoms with Gasteiger partial charge in [-0.2, -0.15) is 10.4 Å². The van der Waals surface area contributed by atoms with Crippen molar-refractivity contribution in [2.45, 2.75) is 12.5 Å². The maximum Gasteiger partial charge on any atom is 0.175 e. The minimum absolute atomic E-state index is 0.415. The monoisotopic (exact) mass is 228 g/mol. The van der Waals surface area contributed by atoms with Crippen LogP contribution in [0.15, 0.2) is 18.5 Å². The summed E-state index contributed by atoms with van der Waals surface area (Å²) in [5.41, 5.74) is 1.10. The first-order chi connectivity index (χ1) is 8.36. The van der Waals surface area contributed by atoms with Crippen LogP contribution >= 0.6 is 0 Å². The third kappa shape index (κ3) is 1.81. The quantitative estimate of drug-likeness (QED) is 0.776. The van der Waals surface area contributed by atoms with Gasteiger partial charge in [-0.25, -0.2) is 9.50 Å². The molecule has 3 rings (SSSR count). The summed E-state index contributed by atoms with van der Waals surface area (Å²) in [5.74, 6) is 0.795. The number of nitrogens with zero attached hydrogens (tertiary/aromatic N) is 4. The lowest BCUT2D eigenvalue weighted by Crippen LogP contribution is -2.22. The van der Waals surface area contributed by atoms with Gasteiger partial charge in [0.05, 0.1) is 6.20 Å². The van der Waals surface area contributed by atoms with Gasteiger partial charge in [-0.1, -0.05) is 0 Å². The van der Waals surface area contributed by atoms with Crippen LogP contribution in [-0.2, 0) is 0 Å². The predicted octanol–water partition coefficient (Wildman–Crippen LogP) is 0.375. The fourth-order valence-corrected chi connectivity index (χ4v) is 2.02. The SMILES string of the molecule is N#Cc1cnn2ccc(NC3CCNC3)nc12. The lowest BCUT2D eigenvalue weighted by atomic mass is 10.2. The Morgan fingerprint density at radius 2 is 2.53 bits per heavy atom. The second-order valence-electron chi connectivity index (χ2n) is 4.09. The summed E-state index contributed by atoms with van der Waals surface area (Å²) in [6, 6.07) is 4.37. The molecule has 1 aliphatic rings. The van der Waals surface area contributed by atoms with E-state index in [2.05, 4.69) is 26.8 Å². The van der Waals surface area contributed by atoms with Gasteiger partial charge in [-0.3, -0.25) is 0 Å². The Morgan fingerprint density at radius 1 is 1.59 bits per heavy atom. The molecule has 0 spiro atoms. The van der Waals surface area contributed by atoms with Gasteiger partial charge in [0.1, 0.15) is 17.5 Å². The molecule has 3 heterocycles. The molecule has 1 unspecified atom stereocenters. The van der Waals surface area contributed by atoms with Crippen LogP contribution in [0, 0.1) is 11.3 Å². The molecule has 2 aromatic heterocycles. The summed E-state index contributed by atoms with van der Waals surface area (Å²) < 4.78 is 1.61. The van der Waals surface area contributed by atoms with Gasteiger partial charge in [0, 0.05) is 18.8 Å². The van der Waals surface area contributed by atoms with Crippen molar-refractivity contribution in [1.29, 1.82) is 5.26 Å². The molecule has 0 bridgehead atoms. The molecule has 0 aromatic carbocycles. The Kier molecular flexibility index (Phi) is 2.38. The van der Waals surface area contributed by atoms with E-state index in [0.717, 1.165) is 25.3 Å². The average molecular weight is 228 g/mol. The molecule has 1 fully saturated rings. The zero-order valence-electron chi connectivity index (χ0n) is 9.22. The largest absolute Gasteiger partial charge is 0.366 e. The summed E-state index contributed by atoms with van der Waals surface area (Å²) in [5, 5.41) is 19.6. The molecule has 1 saturated heterocycles. The molecule has 0 saturated carbocycles. The van der Waals surface area contributed by atoms with E-state index in [1.54, 1.807) is 4.52 Å². The van der Waals surface area contributed by atoms with Crippen LogP contribution in [0.1, 0.15) is 12.0 Å². The lowest BCUT2D eigenvalue weighted by Gasteiger charge is -2.11. The van der Waals surface area contributed by atoms with Crippen LogP contribution in [0.5, 0.6) is 0 Å². The summed E-state index contributed by atoms with van der Waals surface area (Å²) >= 11 is 0. The maximum atomic E-state index is 8.93. The second kappa shape index (κ2) is 4.03. The van der Waals surface area contributed by atoms with Crippen LogP contribution in [0.25, 0.3) is 5.65 Å². The number of hydrogen-bond acceptors (Lipinski definition) is 5. The first-order valence-corrected chi connectivity index (χ1v) is 5.58. The van der Waals surface area contributed by atoms with E-state index >= 15 is 0 Å². The number of anilines is 1. The maximum absolute atomic E-state index is 8.93. The van der Waals surface area contributed by atoms with Crippen molar-refractivity contribution in [2.75, 3.05) is 18.4 Å². The highest BCUT2D eigenvalue weighted by Crippen LogP contribution is 2.12. The van der Waals surface area contributed by atoms with Crippen LogP contribution in [0.2, 0.25) is 0 Å². The van der Waals surface area contributed by atoms with Gasteiger partial charge in [-0.05, 0) is 19.0 Å². The van der Waals surface area contributed by atoms with Gasteiger partial charge in [-0.15, -0.1) is 0 Å². The zero-order chi connectivity index (χ0) is 11.7. The van der Waals surface area contributed by atoms with Gasteiger partial charge < -0.3 is 10.6 Å². The Labute approximate surface area is 98.3 Å². The smallest absolute Gasteiger partial charge is 0.175 e. The fraction of sp³-hybridized carbons (Fsp3) is 0.364. The Bertz CT molecular complexity index is 575. The number of rotatable bonds is 2. The zero-order valence-corrected chi connectivity index (χ0v) is 9.22. The number of aromatic nitrogens is 3. The summed E-state index contributed by atoms with van der Waals surface area (Å²) in [4.78, 5) is 4.41. The minimum atomic E-state index is 0.415. The van der Waals surface area contributed by atoms with Crippen molar-refractivity contribution >= 4 is 11.5 Å². The van der Waals surface area contributed by atoms with Crippen LogP contribution in [0.3, 0.4) is 0 Å². The molecule has 17 heavy (non-hydrogen) atoms. The van der Waals surface area contributed by atoms with E-state index in [1.807, 2.05) is 12.3 Å². The molecule has 86 valence electrons. The Balaban J connectivity index is 1.92. The molecule has 6 nitrogen and oxygen atoms in total. The molecule has 1 atom stereocenters. The molecule has 0 aliphatic carbocycles. The minimum Gasteiger partial charge on any atom is -0.366 e. The number of fused-ring (bicyclic) bond motifs is 1. The van der Waals surface area contributed by atoms with Crippen molar-refractivity contribution in [3.63, 3.8) is 0 Å². The molecule has 6 heteroatoms. The fourth-order valence-electron chi connectivity index (χ4n) is 2.02. The molecule has 2 aromatic rings. The highest BCUT2D eigenvalue weighted by molar-refractivity contribution is 5.57. The van der Waals surface area contributed by atoms with Crippen LogP contribution in [-0.4, -0.2) is 33.7 Å². The van der Waals surface area contributed by atoms with Crippen molar-refractivity contribution in [2.24, 2.45) is 0 Å². The van der Waals surface area contributed by atoms with E-state index in [1.165, 1.54) is 6.20 Å². The number of nitrogens with one attached hydrogen (secondary N) is 2. The van der Waals surface area contributed by atoms with E-state index in [-0.39, 0.29) is 0 Å². The van der Waals surface area contributed by atoms with E-state index in [9.17, 15) is 0 Å². The van der Waals surface area contributed by atoms with Crippen molar-refractivity contribution in [1.82, 2.24) is 19.9 Å². The number of hydrogen-bond donors (Lipinski definition) is 2. The van der Waals surface area contributed by atoms with Gasteiger partial charge in [0.15, 0.2) is 5.65 Å². The van der Waals surface area contributed by atoms with E-state index < -0.39 is 0 Å². The van der Waals surface area contributed by atoms with Crippen LogP contribution < -0.4 is 10.6 Å². The van der Waals surface area contributed by atoms with Gasteiger partial charge in [0.2, 0.25) is 0 Å². The van der Waals surface area contributed by atoms with Crippen molar-refractivity contribution in [3.05, 3.63) is 24.0 Å². The molecule has 0 amide bonds. The lowest BCUT2D eigenvalue weighted by molar-refractivity contribution is 0.786. The number of nitriles is 1. The summed E-state index contributed by atoms with van der Waals surface area (Å²) in [7, 11) is 0. The normalized spacial score (nSPS) is 19.4. The van der Waals surface area contributed by atoms with Gasteiger partial charge >= 0.3 is 0 Å². The van der Waals surface area contributed by atoms with E-state index in [0.29, 0.717) is 17.3 Å². The Hall–Kier alpha value is -2.13. The van der Waals surface area contributed by atoms with Gasteiger partial charge in [0.25, 0.3) is 0 Å². The van der Waals surface area contributed by atoms with E-state index in [4.69, 9.17) is 5.26 Å². The first-order valence-electron chi connectivity index (χ1n) is 5.58. The predicted molar refractivity (Wildman–Crippen MR) is 62.6 cm³/mol. The van der Waals surface area contributed by atoms with Crippen molar-refractivity contribution in [3.8, 4) is 6.07 Å². The second-order valence-corrected chi connectivity index (χ2v) is 4.09. The molecule has 1 aliphatic heterocycles. The summed E-state index contributed by atoms with van der Waals surface area (Å²) in [6.45, 7) is 1.99. The molecule has 0 radical (unpaired) electrons. The molecule has 2 N–H and O–H groups in total. The highest BCUT2D eigenvalue weighted by atomic mass is 15.3. The topological polar surface area (TPSA) is 78.0 Å². The first kappa shape index (κ1) is 10.1. The standard InChI is InChI=1S/C11H12N6/c12-5-8-6-14-17-4-2-10(16-11(8)17)15-9-1-3-13-7-9/h2,4,6,9,13H,1,3,7H2,(H,15,16). The average Bonchev–Trinajstić information content (AvgIpc) is 2.97. The highest BCUT2D eigenvalue weighted by Gasteiger charge is 2.15. The third-order valence-electron chi connectivity index (χ3n) is 2.90. The van der Waals surface area contributed by atoms with Crippen molar-refractivity contribution < 1.29 is 0 Å².